The van der Waals surface area contributed by atoms with Gasteiger partial charge in [0.1, 0.15) is 5.84 Å². The van der Waals surface area contributed by atoms with E-state index in [0.29, 0.717) is 26.2 Å². The molecule has 0 saturated carbocycles. The number of nitrogens with two attached hydrogens (primary N) is 1. The number of fused-ring (bicyclic) bond motifs is 1. The SMILES string of the molecule is C=N/C=C\N(N)c1ncc(F)c2c(C(=O)C(=O)N3CCN(/C(=N/CCOCCO)c4ccccc4)CC3)c[nH]c12. The number of Topliss-reactive ketones (excluding diaryl/α,β-unsaturated/α-hetero) is 1. The van der Waals surface area contributed by atoms with Crippen molar-refractivity contribution in [2.75, 3.05) is 57.6 Å². The molecule has 13 heteroatoms. The fourth-order valence-corrected chi connectivity index (χ4v) is 4.38. The average Bonchev–Trinajstić information content (AvgIpc) is 3.44. The highest BCUT2D eigenvalue weighted by atomic mass is 19.1. The Kier molecular flexibility index (Phi) is 9.67. The van der Waals surface area contributed by atoms with Crippen LogP contribution in [0, 0.1) is 5.82 Å². The van der Waals surface area contributed by atoms with Crippen molar-refractivity contribution < 1.29 is 23.8 Å². The van der Waals surface area contributed by atoms with Crippen LogP contribution in [0.2, 0.25) is 0 Å². The number of amides is 1. The molecular formula is C27H31FN8O4. The number of aliphatic imine (C=N–C) groups is 2. The molecule has 210 valence electrons. The standard InChI is InChI=1S/C27H31FN8O4/c1-30-7-9-36(29)26-23-22(21(28)18-33-26)20(17-32-23)24(38)27(39)35-12-10-34(11-13-35)25(19-5-3-2-4-6-19)31-8-15-40-16-14-37/h2-7,9,17-18,32,37H,1,8,10-16,29H2/b9-7-,31-25+. The Balaban J connectivity index is 1.48. The molecule has 0 atom stereocenters. The predicted molar refractivity (Wildman–Crippen MR) is 150 cm³/mol. The number of benzene rings is 1. The predicted octanol–water partition coefficient (Wildman–Crippen LogP) is 1.34. The summed E-state index contributed by atoms with van der Waals surface area (Å²) in [4.78, 5) is 45.0. The molecule has 1 amide bonds. The molecule has 12 nitrogen and oxygen atoms in total. The molecule has 1 aromatic carbocycles. The summed E-state index contributed by atoms with van der Waals surface area (Å²) in [5.74, 6) is 4.54. The van der Waals surface area contributed by atoms with Gasteiger partial charge >= 0.3 is 0 Å². The Morgan fingerprint density at radius 2 is 1.93 bits per heavy atom. The highest BCUT2D eigenvalue weighted by Crippen LogP contribution is 2.28. The number of aliphatic hydroxyl groups excluding tert-OH is 1. The summed E-state index contributed by atoms with van der Waals surface area (Å²) in [5, 5.41) is 9.93. The van der Waals surface area contributed by atoms with Crippen LogP contribution in [0.25, 0.3) is 10.9 Å². The van der Waals surface area contributed by atoms with Crippen molar-refractivity contribution in [2.45, 2.75) is 0 Å². The van der Waals surface area contributed by atoms with Crippen molar-refractivity contribution in [3.63, 3.8) is 0 Å². The number of aromatic nitrogens is 2. The van der Waals surface area contributed by atoms with E-state index in [1.54, 1.807) is 0 Å². The van der Waals surface area contributed by atoms with Gasteiger partial charge in [0.15, 0.2) is 11.6 Å². The number of nitrogens with zero attached hydrogens (tertiary/aromatic N) is 6. The maximum Gasteiger partial charge on any atom is 0.295 e. The minimum Gasteiger partial charge on any atom is -0.394 e. The van der Waals surface area contributed by atoms with E-state index >= 15 is 0 Å². The number of halogens is 1. The number of pyridine rings is 1. The monoisotopic (exact) mass is 550 g/mol. The van der Waals surface area contributed by atoms with E-state index in [1.807, 2.05) is 30.3 Å². The fourth-order valence-electron chi connectivity index (χ4n) is 4.38. The third-order valence-electron chi connectivity index (χ3n) is 6.29. The van der Waals surface area contributed by atoms with Crippen molar-refractivity contribution in [1.82, 2.24) is 19.8 Å². The third kappa shape index (κ3) is 6.39. The fraction of sp³-hybridized carbons (Fsp3) is 0.296. The molecule has 1 saturated heterocycles. The van der Waals surface area contributed by atoms with Gasteiger partial charge in [-0.15, -0.1) is 0 Å². The summed E-state index contributed by atoms with van der Waals surface area (Å²) in [6.45, 7) is 5.77. The Hall–Kier alpha value is -4.46. The number of piperazine rings is 1. The van der Waals surface area contributed by atoms with E-state index < -0.39 is 17.5 Å². The van der Waals surface area contributed by atoms with E-state index in [4.69, 9.17) is 20.7 Å². The first kappa shape index (κ1) is 28.5. The molecule has 0 radical (unpaired) electrons. The van der Waals surface area contributed by atoms with E-state index in [-0.39, 0.29) is 48.6 Å². The van der Waals surface area contributed by atoms with Crippen LogP contribution in [0.1, 0.15) is 15.9 Å². The van der Waals surface area contributed by atoms with Gasteiger partial charge in [-0.1, -0.05) is 30.3 Å². The van der Waals surface area contributed by atoms with Crippen LogP contribution in [0.15, 0.2) is 65.1 Å². The lowest BCUT2D eigenvalue weighted by Gasteiger charge is -2.36. The number of aromatic amines is 1. The van der Waals surface area contributed by atoms with Crippen LogP contribution in [0.4, 0.5) is 10.2 Å². The maximum atomic E-state index is 14.8. The number of rotatable bonds is 11. The molecule has 0 bridgehead atoms. The van der Waals surface area contributed by atoms with Gasteiger partial charge in [-0.3, -0.25) is 24.6 Å². The number of ketones is 1. The molecular weight excluding hydrogens is 519 g/mol. The molecule has 40 heavy (non-hydrogen) atoms. The van der Waals surface area contributed by atoms with Gasteiger partial charge in [-0.25, -0.2) is 15.2 Å². The minimum absolute atomic E-state index is 0.0521. The van der Waals surface area contributed by atoms with Gasteiger partial charge in [0.2, 0.25) is 0 Å². The minimum atomic E-state index is -0.833. The average molecular weight is 551 g/mol. The van der Waals surface area contributed by atoms with Crippen LogP contribution < -0.4 is 10.9 Å². The normalized spacial score (nSPS) is 14.2. The lowest BCUT2D eigenvalue weighted by atomic mass is 10.1. The quantitative estimate of drug-likeness (QED) is 0.0615. The molecule has 1 aliphatic heterocycles. The van der Waals surface area contributed by atoms with Crippen LogP contribution >= 0.6 is 0 Å². The first-order chi connectivity index (χ1) is 19.5. The van der Waals surface area contributed by atoms with Crippen molar-refractivity contribution in [3.05, 3.63) is 72.1 Å². The summed E-state index contributed by atoms with van der Waals surface area (Å²) >= 11 is 0. The van der Waals surface area contributed by atoms with E-state index in [2.05, 4.69) is 26.6 Å². The van der Waals surface area contributed by atoms with Crippen LogP contribution in [-0.2, 0) is 9.53 Å². The summed E-state index contributed by atoms with van der Waals surface area (Å²) in [6, 6.07) is 9.66. The second kappa shape index (κ2) is 13.6. The lowest BCUT2D eigenvalue weighted by Crippen LogP contribution is -2.52. The molecule has 0 unspecified atom stereocenters. The Morgan fingerprint density at radius 3 is 2.62 bits per heavy atom. The van der Waals surface area contributed by atoms with E-state index in [1.165, 1.54) is 23.5 Å². The first-order valence-electron chi connectivity index (χ1n) is 12.6. The number of ether oxygens (including phenoxy) is 1. The number of carbonyl (C=O) groups is 2. The molecule has 1 aliphatic rings. The third-order valence-corrected chi connectivity index (χ3v) is 6.29. The van der Waals surface area contributed by atoms with Crippen molar-refractivity contribution in [3.8, 4) is 0 Å². The summed E-state index contributed by atoms with van der Waals surface area (Å²) in [6.07, 6.45) is 4.93. The van der Waals surface area contributed by atoms with Gasteiger partial charge in [0.25, 0.3) is 11.7 Å². The molecule has 1 fully saturated rings. The summed E-state index contributed by atoms with van der Waals surface area (Å²) in [7, 11) is 0. The van der Waals surface area contributed by atoms with Gasteiger partial charge in [-0.05, 0) is 6.72 Å². The van der Waals surface area contributed by atoms with Crippen LogP contribution in [0.5, 0.6) is 0 Å². The number of nitrogens with one attached hydrogen (secondary N) is 1. The number of hydrogen-bond acceptors (Lipinski definition) is 9. The number of aliphatic hydroxyl groups is 1. The Morgan fingerprint density at radius 1 is 1.20 bits per heavy atom. The van der Waals surface area contributed by atoms with Gasteiger partial charge < -0.3 is 24.6 Å². The summed E-state index contributed by atoms with van der Waals surface area (Å²) in [5.41, 5.74) is 0.993. The van der Waals surface area contributed by atoms with Crippen LogP contribution in [-0.4, -0.2) is 102 Å². The highest BCUT2D eigenvalue weighted by molar-refractivity contribution is 6.45. The zero-order valence-corrected chi connectivity index (χ0v) is 21.9. The zero-order chi connectivity index (χ0) is 28.5. The Bertz CT molecular complexity index is 1400. The number of H-pyrrole nitrogens is 1. The number of anilines is 1. The van der Waals surface area contributed by atoms with E-state index in [0.717, 1.165) is 22.6 Å². The topological polar surface area (TPSA) is 153 Å². The molecule has 0 spiro atoms. The number of carbonyl (C=O) groups excluding carboxylic acids is 2. The number of amidine groups is 1. The Labute approximate surface area is 230 Å². The molecule has 2 aromatic heterocycles. The van der Waals surface area contributed by atoms with Gasteiger partial charge in [0.05, 0.1) is 49.0 Å². The maximum absolute atomic E-state index is 14.8. The second-order valence-corrected chi connectivity index (χ2v) is 8.79. The van der Waals surface area contributed by atoms with E-state index in [9.17, 15) is 14.0 Å². The largest absolute Gasteiger partial charge is 0.394 e. The first-order valence-corrected chi connectivity index (χ1v) is 12.6. The summed E-state index contributed by atoms with van der Waals surface area (Å²) < 4.78 is 20.1. The molecule has 4 rings (SSSR count). The molecule has 4 N–H and O–H groups in total. The molecule has 3 aromatic rings. The van der Waals surface area contributed by atoms with Crippen molar-refractivity contribution >= 4 is 41.0 Å². The van der Waals surface area contributed by atoms with Crippen molar-refractivity contribution in [1.29, 1.82) is 0 Å². The van der Waals surface area contributed by atoms with Gasteiger partial charge in [0, 0.05) is 50.3 Å². The number of hydrazine groups is 1. The zero-order valence-electron chi connectivity index (χ0n) is 21.9. The van der Waals surface area contributed by atoms with Crippen molar-refractivity contribution in [2.24, 2.45) is 15.8 Å². The van der Waals surface area contributed by atoms with Crippen LogP contribution in [0.3, 0.4) is 0 Å². The lowest BCUT2D eigenvalue weighted by molar-refractivity contribution is -0.127. The second-order valence-electron chi connectivity index (χ2n) is 8.79. The molecule has 0 aliphatic carbocycles. The van der Waals surface area contributed by atoms with Gasteiger partial charge in [-0.2, -0.15) is 0 Å². The molecule has 3 heterocycles. The smallest absolute Gasteiger partial charge is 0.295 e. The number of hydrogen-bond donors (Lipinski definition) is 3. The highest BCUT2D eigenvalue weighted by Gasteiger charge is 2.31.